The lowest BCUT2D eigenvalue weighted by molar-refractivity contribution is 0.102. The van der Waals surface area contributed by atoms with Crippen LogP contribution in [-0.4, -0.2) is 31.2 Å². The molecule has 7 heteroatoms. The van der Waals surface area contributed by atoms with Crippen molar-refractivity contribution in [3.05, 3.63) is 41.2 Å². The van der Waals surface area contributed by atoms with Crippen LogP contribution in [-0.2, 0) is 5.41 Å². The summed E-state index contributed by atoms with van der Waals surface area (Å²) in [5, 5.41) is 19.5. The number of H-pyrrole nitrogens is 1. The van der Waals surface area contributed by atoms with E-state index >= 15 is 0 Å². The first kappa shape index (κ1) is 23.7. The molecular formula is C25H37N5O2. The van der Waals surface area contributed by atoms with Crippen LogP contribution in [0.1, 0.15) is 83.4 Å². The second-order valence-corrected chi connectivity index (χ2v) is 11.6. The number of imidazole rings is 1. The van der Waals surface area contributed by atoms with E-state index in [1.165, 1.54) is 0 Å². The van der Waals surface area contributed by atoms with Crippen LogP contribution in [0, 0.1) is 12.3 Å². The molecule has 1 amide bonds. The minimum absolute atomic E-state index is 0.158. The van der Waals surface area contributed by atoms with Gasteiger partial charge in [-0.05, 0) is 56.4 Å². The zero-order valence-electron chi connectivity index (χ0n) is 20.8. The Bertz CT molecular complexity index is 1140. The highest BCUT2D eigenvalue weighted by molar-refractivity contribution is 6.08. The molecule has 0 bridgehead atoms. The van der Waals surface area contributed by atoms with Crippen LogP contribution in [0.4, 0.5) is 11.5 Å². The molecule has 3 rings (SSSR count). The van der Waals surface area contributed by atoms with E-state index in [9.17, 15) is 9.90 Å². The lowest BCUT2D eigenvalue weighted by Crippen LogP contribution is -2.36. The molecule has 0 saturated carbocycles. The molecule has 1 aromatic carbocycles. The largest absolute Gasteiger partial charge is 0.508 e. The number of hydrogen-bond acceptors (Lipinski definition) is 4. The van der Waals surface area contributed by atoms with Crippen molar-refractivity contribution in [3.63, 3.8) is 0 Å². The summed E-state index contributed by atoms with van der Waals surface area (Å²) in [4.78, 5) is 18.0. The topological polar surface area (TPSA) is 94.5 Å². The summed E-state index contributed by atoms with van der Waals surface area (Å²) >= 11 is 0. The van der Waals surface area contributed by atoms with Crippen LogP contribution < -0.4 is 10.6 Å². The first-order valence-electron chi connectivity index (χ1n) is 11.1. The summed E-state index contributed by atoms with van der Waals surface area (Å²) in [5.41, 5.74) is 3.16. The molecule has 0 unspecified atom stereocenters. The van der Waals surface area contributed by atoms with Gasteiger partial charge in [0.2, 0.25) is 0 Å². The average molecular weight is 440 g/mol. The van der Waals surface area contributed by atoms with E-state index in [4.69, 9.17) is 4.98 Å². The third-order valence-corrected chi connectivity index (χ3v) is 5.30. The number of phenols is 1. The van der Waals surface area contributed by atoms with Gasteiger partial charge in [0.25, 0.3) is 5.91 Å². The van der Waals surface area contributed by atoms with Crippen molar-refractivity contribution >= 4 is 23.1 Å². The van der Waals surface area contributed by atoms with Gasteiger partial charge in [0, 0.05) is 22.8 Å². The zero-order chi connectivity index (χ0) is 24.1. The van der Waals surface area contributed by atoms with Gasteiger partial charge < -0.3 is 15.7 Å². The van der Waals surface area contributed by atoms with Crippen LogP contribution in [0.25, 0.3) is 5.65 Å². The fraction of sp³-hybridized carbons (Fsp3) is 0.520. The third-order valence-electron chi connectivity index (χ3n) is 5.30. The maximum Gasteiger partial charge on any atom is 0.261 e. The number of hydrogen-bond donors (Lipinski definition) is 4. The van der Waals surface area contributed by atoms with Crippen LogP contribution in [0.3, 0.4) is 0 Å². The monoisotopic (exact) mass is 439 g/mol. The smallest absolute Gasteiger partial charge is 0.261 e. The fourth-order valence-electron chi connectivity index (χ4n) is 4.39. The maximum atomic E-state index is 13.1. The van der Waals surface area contributed by atoms with E-state index in [1.807, 2.05) is 11.4 Å². The number of amides is 1. The Kier molecular flexibility index (Phi) is 5.83. The van der Waals surface area contributed by atoms with Crippen molar-refractivity contribution in [2.45, 2.75) is 79.7 Å². The number of fused-ring (bicyclic) bond motifs is 1. The fourth-order valence-corrected chi connectivity index (χ4v) is 4.39. The van der Waals surface area contributed by atoms with Crippen LogP contribution in [0.5, 0.6) is 5.75 Å². The second-order valence-electron chi connectivity index (χ2n) is 11.6. The van der Waals surface area contributed by atoms with E-state index in [2.05, 4.69) is 71.1 Å². The minimum atomic E-state index is -0.254. The average Bonchev–Trinajstić information content (AvgIpc) is 3.15. The van der Waals surface area contributed by atoms with E-state index < -0.39 is 0 Å². The number of anilines is 2. The van der Waals surface area contributed by atoms with Gasteiger partial charge in [-0.3, -0.25) is 9.89 Å². The molecule has 0 aliphatic heterocycles. The Morgan fingerprint density at radius 2 is 1.78 bits per heavy atom. The number of aromatic nitrogens is 3. The lowest BCUT2D eigenvalue weighted by Gasteiger charge is -2.34. The first-order chi connectivity index (χ1) is 14.6. The Hall–Kier alpha value is -2.96. The molecule has 7 nitrogen and oxygen atoms in total. The molecular weight excluding hydrogens is 402 g/mol. The van der Waals surface area contributed by atoms with Crippen LogP contribution >= 0.6 is 0 Å². The Balaban J connectivity index is 2.02. The van der Waals surface area contributed by atoms with Gasteiger partial charge in [0.05, 0.1) is 5.69 Å². The van der Waals surface area contributed by atoms with Gasteiger partial charge >= 0.3 is 0 Å². The van der Waals surface area contributed by atoms with Crippen LogP contribution in [0.2, 0.25) is 0 Å². The van der Waals surface area contributed by atoms with Crippen molar-refractivity contribution in [1.82, 2.24) is 14.6 Å². The number of rotatable bonds is 5. The Labute approximate surface area is 190 Å². The molecule has 32 heavy (non-hydrogen) atoms. The SMILES string of the molecule is Cc1cc(O)ccc1NC(=O)c1c[nH]n2c(NC(C)(C)CC(C)(C)C)c(C(C)(C)C)nc12. The summed E-state index contributed by atoms with van der Waals surface area (Å²) in [5.74, 6) is 0.791. The number of aromatic hydroxyl groups is 1. The highest BCUT2D eigenvalue weighted by Crippen LogP contribution is 2.35. The van der Waals surface area contributed by atoms with Crippen LogP contribution in [0.15, 0.2) is 24.4 Å². The summed E-state index contributed by atoms with van der Waals surface area (Å²) in [6, 6.07) is 4.87. The Morgan fingerprint density at radius 1 is 1.12 bits per heavy atom. The van der Waals surface area contributed by atoms with Crippen molar-refractivity contribution in [3.8, 4) is 5.75 Å². The predicted octanol–water partition coefficient (Wildman–Crippen LogP) is 5.85. The highest BCUT2D eigenvalue weighted by Gasteiger charge is 2.32. The quantitative estimate of drug-likeness (QED) is 0.375. The lowest BCUT2D eigenvalue weighted by atomic mass is 9.81. The van der Waals surface area contributed by atoms with Gasteiger partial charge in [-0.25, -0.2) is 9.50 Å². The number of aryl methyl sites for hydroxylation is 1. The third kappa shape index (κ3) is 5.09. The number of benzene rings is 1. The van der Waals surface area contributed by atoms with Gasteiger partial charge in [0.15, 0.2) is 11.5 Å². The van der Waals surface area contributed by atoms with Crippen molar-refractivity contribution < 1.29 is 9.90 Å². The number of phenolic OH excluding ortho intramolecular Hbond substituents is 1. The van der Waals surface area contributed by atoms with Gasteiger partial charge in [-0.2, -0.15) is 0 Å². The van der Waals surface area contributed by atoms with Crippen molar-refractivity contribution in [1.29, 1.82) is 0 Å². The molecule has 0 spiro atoms. The molecule has 174 valence electrons. The molecule has 0 atom stereocenters. The molecule has 0 aliphatic rings. The zero-order valence-corrected chi connectivity index (χ0v) is 20.8. The van der Waals surface area contributed by atoms with E-state index in [0.717, 1.165) is 23.5 Å². The molecule has 2 aromatic heterocycles. The van der Waals surface area contributed by atoms with E-state index in [-0.39, 0.29) is 28.0 Å². The normalized spacial score (nSPS) is 12.9. The number of carbonyl (C=O) groups is 1. The predicted molar refractivity (Wildman–Crippen MR) is 131 cm³/mol. The molecule has 2 heterocycles. The molecule has 4 N–H and O–H groups in total. The number of nitrogens with one attached hydrogen (secondary N) is 3. The standard InChI is InChI=1S/C25H37N5O2/c1-15-12-16(31)10-11-18(15)27-22(32)17-13-26-30-20(17)28-19(24(5,6)7)21(30)29-25(8,9)14-23(2,3)4/h10-13,26,29,31H,14H2,1-9H3,(H,27,32). The summed E-state index contributed by atoms with van der Waals surface area (Å²) < 4.78 is 1.86. The summed E-state index contributed by atoms with van der Waals surface area (Å²) in [6.07, 6.45) is 2.65. The maximum absolute atomic E-state index is 13.1. The molecule has 0 aliphatic carbocycles. The van der Waals surface area contributed by atoms with Gasteiger partial charge in [-0.15, -0.1) is 0 Å². The molecule has 0 radical (unpaired) electrons. The van der Waals surface area contributed by atoms with Crippen molar-refractivity contribution in [2.75, 3.05) is 10.6 Å². The summed E-state index contributed by atoms with van der Waals surface area (Å²) in [7, 11) is 0. The Morgan fingerprint density at radius 3 is 2.34 bits per heavy atom. The molecule has 3 aromatic rings. The second kappa shape index (κ2) is 7.87. The number of aromatic amines is 1. The van der Waals surface area contributed by atoms with Gasteiger partial charge in [-0.1, -0.05) is 41.5 Å². The van der Waals surface area contributed by atoms with E-state index in [0.29, 0.717) is 16.9 Å². The minimum Gasteiger partial charge on any atom is -0.508 e. The van der Waals surface area contributed by atoms with Crippen molar-refractivity contribution in [2.24, 2.45) is 5.41 Å². The first-order valence-corrected chi connectivity index (χ1v) is 11.1. The number of nitrogens with zero attached hydrogens (tertiary/aromatic N) is 2. The molecule has 0 saturated heterocycles. The van der Waals surface area contributed by atoms with Gasteiger partial charge in [0.1, 0.15) is 11.3 Å². The highest BCUT2D eigenvalue weighted by atomic mass is 16.3. The number of carbonyl (C=O) groups excluding carboxylic acids is 1. The molecule has 0 fully saturated rings. The van der Waals surface area contributed by atoms with E-state index in [1.54, 1.807) is 24.4 Å². The summed E-state index contributed by atoms with van der Waals surface area (Å²) in [6.45, 7) is 19.3.